The lowest BCUT2D eigenvalue weighted by atomic mass is 9.88. The maximum Gasteiger partial charge on any atom is 0.219 e. The molecule has 0 spiro atoms. The quantitative estimate of drug-likeness (QED) is 0.652. The summed E-state index contributed by atoms with van der Waals surface area (Å²) >= 11 is 6.00. The van der Waals surface area contributed by atoms with Gasteiger partial charge in [0.1, 0.15) is 0 Å². The summed E-state index contributed by atoms with van der Waals surface area (Å²) in [4.78, 5) is 27.7. The Morgan fingerprint density at radius 2 is 2.00 bits per heavy atom. The molecule has 0 saturated heterocycles. The molecule has 1 amide bonds. The van der Waals surface area contributed by atoms with Crippen molar-refractivity contribution in [2.24, 2.45) is 5.18 Å². The van der Waals surface area contributed by atoms with E-state index in [1.54, 1.807) is 4.90 Å². The van der Waals surface area contributed by atoms with Crippen LogP contribution in [0.1, 0.15) is 18.1 Å². The van der Waals surface area contributed by atoms with Gasteiger partial charge in [-0.3, -0.25) is 4.79 Å². The number of aromatic hydroxyl groups is 1. The molecular weight excluding hydrogens is 354 g/mol. The normalized spacial score (nSPS) is 13.7. The second-order valence-electron chi connectivity index (χ2n) is 6.41. The molecule has 0 atom stereocenters. The summed E-state index contributed by atoms with van der Waals surface area (Å²) in [7, 11) is 0. The molecule has 2 aromatic carbocycles. The molecule has 2 N–H and O–H groups in total. The fourth-order valence-electron chi connectivity index (χ4n) is 3.64. The van der Waals surface area contributed by atoms with Crippen molar-refractivity contribution in [1.82, 2.24) is 9.88 Å². The first-order chi connectivity index (χ1) is 12.5. The first kappa shape index (κ1) is 16.6. The highest BCUT2D eigenvalue weighted by atomic mass is 35.5. The highest BCUT2D eigenvalue weighted by molar-refractivity contribution is 6.30. The molecule has 0 saturated carbocycles. The third-order valence-electron chi connectivity index (χ3n) is 4.94. The molecule has 1 aliphatic rings. The van der Waals surface area contributed by atoms with Gasteiger partial charge < -0.3 is 15.0 Å². The van der Waals surface area contributed by atoms with E-state index in [2.05, 4.69) is 10.2 Å². The van der Waals surface area contributed by atoms with Gasteiger partial charge in [0, 0.05) is 30.4 Å². The zero-order valence-corrected chi connectivity index (χ0v) is 14.8. The van der Waals surface area contributed by atoms with Gasteiger partial charge in [0.25, 0.3) is 0 Å². The number of aromatic nitrogens is 1. The second kappa shape index (κ2) is 6.14. The zero-order valence-electron chi connectivity index (χ0n) is 14.0. The summed E-state index contributed by atoms with van der Waals surface area (Å²) in [5.41, 5.74) is 4.54. The molecule has 3 aromatic rings. The topological polar surface area (TPSA) is 85.8 Å². The Bertz CT molecular complexity index is 1040. The lowest BCUT2D eigenvalue weighted by Gasteiger charge is -2.30. The summed E-state index contributed by atoms with van der Waals surface area (Å²) in [6.45, 7) is 2.58. The van der Waals surface area contributed by atoms with E-state index in [1.807, 2.05) is 30.3 Å². The number of carbonyl (C=O) groups is 1. The van der Waals surface area contributed by atoms with Crippen LogP contribution in [0.5, 0.6) is 5.88 Å². The Kier molecular flexibility index (Phi) is 3.92. The number of benzene rings is 2. The molecule has 0 bridgehead atoms. The highest BCUT2D eigenvalue weighted by Gasteiger charge is 2.26. The van der Waals surface area contributed by atoms with Crippen molar-refractivity contribution in [3.8, 4) is 17.0 Å². The number of nitrogens with one attached hydrogen (secondary N) is 1. The molecule has 0 aliphatic carbocycles. The first-order valence-corrected chi connectivity index (χ1v) is 8.61. The Morgan fingerprint density at radius 3 is 2.65 bits per heavy atom. The van der Waals surface area contributed by atoms with Crippen LogP contribution in [-0.2, 0) is 17.8 Å². The van der Waals surface area contributed by atoms with E-state index in [9.17, 15) is 14.8 Å². The van der Waals surface area contributed by atoms with Crippen LogP contribution < -0.4 is 0 Å². The Balaban J connectivity index is 2.02. The van der Waals surface area contributed by atoms with Crippen LogP contribution >= 0.6 is 11.6 Å². The number of rotatable bonds is 2. The SMILES string of the molecule is CC(=O)N1CCc2c(-c3ccc(Cl)cc3)cc3c(N=O)c(O)[nH]c3c2C1. The van der Waals surface area contributed by atoms with Crippen molar-refractivity contribution in [3.05, 3.63) is 51.4 Å². The molecule has 26 heavy (non-hydrogen) atoms. The lowest BCUT2D eigenvalue weighted by Crippen LogP contribution is -2.34. The summed E-state index contributed by atoms with van der Waals surface area (Å²) in [6.07, 6.45) is 0.687. The van der Waals surface area contributed by atoms with E-state index in [-0.39, 0.29) is 17.5 Å². The molecule has 2 heterocycles. The number of hydrogen-bond acceptors (Lipinski definition) is 4. The monoisotopic (exact) mass is 369 g/mol. The predicted molar refractivity (Wildman–Crippen MR) is 101 cm³/mol. The third kappa shape index (κ3) is 2.54. The van der Waals surface area contributed by atoms with Gasteiger partial charge in [0.05, 0.1) is 5.52 Å². The summed E-state index contributed by atoms with van der Waals surface area (Å²) in [6, 6.07) is 9.33. The Morgan fingerprint density at radius 1 is 1.27 bits per heavy atom. The van der Waals surface area contributed by atoms with Gasteiger partial charge in [-0.1, -0.05) is 23.7 Å². The van der Waals surface area contributed by atoms with Gasteiger partial charge in [-0.2, -0.15) is 0 Å². The minimum absolute atomic E-state index is 0.00906. The summed E-state index contributed by atoms with van der Waals surface area (Å²) < 4.78 is 0. The van der Waals surface area contributed by atoms with Crippen molar-refractivity contribution < 1.29 is 9.90 Å². The van der Waals surface area contributed by atoms with Crippen molar-refractivity contribution in [2.75, 3.05) is 6.54 Å². The number of aromatic amines is 1. The van der Waals surface area contributed by atoms with Crippen molar-refractivity contribution in [1.29, 1.82) is 0 Å². The lowest BCUT2D eigenvalue weighted by molar-refractivity contribution is -0.129. The Labute approximate surface area is 154 Å². The fraction of sp³-hybridized carbons (Fsp3) is 0.211. The minimum Gasteiger partial charge on any atom is -0.493 e. The minimum atomic E-state index is -0.259. The number of amides is 1. The molecule has 0 radical (unpaired) electrons. The van der Waals surface area contributed by atoms with E-state index in [0.717, 1.165) is 22.3 Å². The number of halogens is 1. The molecule has 7 heteroatoms. The van der Waals surface area contributed by atoms with Crippen LogP contribution in [0.4, 0.5) is 5.69 Å². The van der Waals surface area contributed by atoms with E-state index in [4.69, 9.17) is 11.6 Å². The molecule has 6 nitrogen and oxygen atoms in total. The number of H-pyrrole nitrogens is 1. The molecule has 0 fully saturated rings. The van der Waals surface area contributed by atoms with Gasteiger partial charge in [0.15, 0.2) is 5.69 Å². The van der Waals surface area contributed by atoms with Crippen molar-refractivity contribution >= 4 is 34.1 Å². The molecule has 4 rings (SSSR count). The second-order valence-corrected chi connectivity index (χ2v) is 6.85. The van der Waals surface area contributed by atoms with E-state index in [0.29, 0.717) is 35.4 Å². The van der Waals surface area contributed by atoms with E-state index >= 15 is 0 Å². The van der Waals surface area contributed by atoms with Crippen LogP contribution in [0.2, 0.25) is 5.02 Å². The zero-order chi connectivity index (χ0) is 18.4. The van der Waals surface area contributed by atoms with Crippen molar-refractivity contribution in [3.63, 3.8) is 0 Å². The van der Waals surface area contributed by atoms with Crippen LogP contribution in [0.15, 0.2) is 35.5 Å². The molecule has 0 unspecified atom stereocenters. The van der Waals surface area contributed by atoms with E-state index in [1.165, 1.54) is 6.92 Å². The van der Waals surface area contributed by atoms with Gasteiger partial charge in [-0.15, -0.1) is 4.91 Å². The van der Waals surface area contributed by atoms with Crippen molar-refractivity contribution in [2.45, 2.75) is 19.9 Å². The van der Waals surface area contributed by atoms with Gasteiger partial charge in [0.2, 0.25) is 11.8 Å². The summed E-state index contributed by atoms with van der Waals surface area (Å²) in [5, 5.41) is 14.2. The number of hydrogen-bond donors (Lipinski definition) is 2. The van der Waals surface area contributed by atoms with Gasteiger partial charge >= 0.3 is 0 Å². The first-order valence-electron chi connectivity index (χ1n) is 8.23. The highest BCUT2D eigenvalue weighted by Crippen LogP contribution is 2.43. The maximum absolute atomic E-state index is 11.8. The maximum atomic E-state index is 11.8. The fourth-order valence-corrected chi connectivity index (χ4v) is 3.77. The average Bonchev–Trinajstić information content (AvgIpc) is 2.96. The van der Waals surface area contributed by atoms with E-state index < -0.39 is 0 Å². The smallest absolute Gasteiger partial charge is 0.219 e. The van der Waals surface area contributed by atoms with Crippen LogP contribution in [-0.4, -0.2) is 27.4 Å². The number of carbonyl (C=O) groups excluding carboxylic acids is 1. The van der Waals surface area contributed by atoms with Crippen LogP contribution in [0, 0.1) is 4.91 Å². The summed E-state index contributed by atoms with van der Waals surface area (Å²) in [5.74, 6) is -0.268. The Hall–Kier alpha value is -2.86. The third-order valence-corrected chi connectivity index (χ3v) is 5.20. The predicted octanol–water partition coefficient (Wildman–Crippen LogP) is 4.50. The number of fused-ring (bicyclic) bond motifs is 3. The van der Waals surface area contributed by atoms with Gasteiger partial charge in [-0.05, 0) is 52.1 Å². The molecule has 1 aromatic heterocycles. The molecular formula is C19H16ClN3O3. The average molecular weight is 370 g/mol. The molecule has 1 aliphatic heterocycles. The molecule has 132 valence electrons. The van der Waals surface area contributed by atoms with Gasteiger partial charge in [-0.25, -0.2) is 0 Å². The number of nitrogens with zero attached hydrogens (tertiary/aromatic N) is 2. The number of nitroso groups, excluding NO2 is 1. The standard InChI is InChI=1S/C19H16ClN3O3/c1-10(24)23-7-6-13-14(11-2-4-12(20)5-3-11)8-15-17(16(13)9-23)21-19(25)18(15)22-26/h2-5,8,21,25H,6-7,9H2,1H3. The van der Waals surface area contributed by atoms with Crippen LogP contribution in [0.25, 0.3) is 22.0 Å². The largest absolute Gasteiger partial charge is 0.493 e. The van der Waals surface area contributed by atoms with Crippen LogP contribution in [0.3, 0.4) is 0 Å².